The van der Waals surface area contributed by atoms with Gasteiger partial charge < -0.3 is 15.0 Å². The second-order valence-electron chi connectivity index (χ2n) is 5.75. The van der Waals surface area contributed by atoms with Crippen molar-refractivity contribution >= 4 is 29.9 Å². The topological polar surface area (TPSA) is 49.8 Å². The maximum Gasteiger partial charge on any atom is 0.193 e. The Morgan fingerprint density at radius 2 is 1.92 bits per heavy atom. The van der Waals surface area contributed by atoms with Crippen molar-refractivity contribution in [2.75, 3.05) is 27.2 Å². The molecule has 1 heterocycles. The molecule has 0 unspecified atom stereocenters. The van der Waals surface area contributed by atoms with E-state index in [2.05, 4.69) is 47.3 Å². The van der Waals surface area contributed by atoms with Crippen LogP contribution in [0.1, 0.15) is 16.8 Å². The number of hydrogen-bond donors (Lipinski definition) is 1. The largest absolute Gasteiger partial charge is 0.492 e. The third-order valence-electron chi connectivity index (χ3n) is 3.82. The maximum atomic E-state index is 5.77. The molecule has 0 fully saturated rings. The van der Waals surface area contributed by atoms with E-state index < -0.39 is 0 Å². The van der Waals surface area contributed by atoms with Crippen LogP contribution >= 0.6 is 24.0 Å². The van der Waals surface area contributed by atoms with Crippen LogP contribution in [0.4, 0.5) is 0 Å². The summed E-state index contributed by atoms with van der Waals surface area (Å²) < 4.78 is 5.77. The first-order chi connectivity index (χ1) is 11.6. The molecule has 2 aromatic rings. The number of aliphatic imine (C=N–C) groups is 1. The highest BCUT2D eigenvalue weighted by Crippen LogP contribution is 2.11. The first-order valence-corrected chi connectivity index (χ1v) is 8.12. The number of nitrogens with one attached hydrogen (secondary N) is 1. The summed E-state index contributed by atoms with van der Waals surface area (Å²) in [7, 11) is 3.78. The Morgan fingerprint density at radius 1 is 1.20 bits per heavy atom. The van der Waals surface area contributed by atoms with Crippen molar-refractivity contribution in [2.45, 2.75) is 20.4 Å². The molecule has 0 atom stereocenters. The Kier molecular flexibility index (Phi) is 9.26. The van der Waals surface area contributed by atoms with E-state index in [0.29, 0.717) is 13.2 Å². The Balaban J connectivity index is 0.00000312. The molecule has 1 N–H and O–H groups in total. The average Bonchev–Trinajstić information content (AvgIpc) is 2.59. The predicted molar refractivity (Wildman–Crippen MR) is 114 cm³/mol. The zero-order valence-corrected chi connectivity index (χ0v) is 17.7. The third kappa shape index (κ3) is 6.89. The Labute approximate surface area is 167 Å². The SMILES string of the molecule is CN=C(NCc1ncccc1C)N(C)CCOc1ccc(C)cc1.I. The monoisotopic (exact) mass is 454 g/mol. The van der Waals surface area contributed by atoms with Crippen molar-refractivity contribution in [2.24, 2.45) is 4.99 Å². The first kappa shape index (κ1) is 21.2. The van der Waals surface area contributed by atoms with E-state index in [1.54, 1.807) is 7.05 Å². The third-order valence-corrected chi connectivity index (χ3v) is 3.82. The number of pyridine rings is 1. The molecule has 0 radical (unpaired) electrons. The summed E-state index contributed by atoms with van der Waals surface area (Å²) >= 11 is 0. The molecule has 0 amide bonds. The van der Waals surface area contributed by atoms with Crippen molar-refractivity contribution in [3.05, 3.63) is 59.4 Å². The van der Waals surface area contributed by atoms with Crippen LogP contribution in [0.25, 0.3) is 0 Å². The summed E-state index contributed by atoms with van der Waals surface area (Å²) in [5.41, 5.74) is 3.43. The summed E-state index contributed by atoms with van der Waals surface area (Å²) in [6.45, 7) is 6.13. The van der Waals surface area contributed by atoms with E-state index in [4.69, 9.17) is 4.74 Å². The number of benzene rings is 1. The van der Waals surface area contributed by atoms with Gasteiger partial charge in [0.1, 0.15) is 12.4 Å². The summed E-state index contributed by atoms with van der Waals surface area (Å²) in [4.78, 5) is 10.8. The highest BCUT2D eigenvalue weighted by atomic mass is 127. The first-order valence-electron chi connectivity index (χ1n) is 8.12. The summed E-state index contributed by atoms with van der Waals surface area (Å²) in [6, 6.07) is 12.1. The van der Waals surface area contributed by atoms with Gasteiger partial charge in [-0.3, -0.25) is 9.98 Å². The van der Waals surface area contributed by atoms with E-state index in [0.717, 1.165) is 23.9 Å². The van der Waals surface area contributed by atoms with Crippen molar-refractivity contribution in [1.82, 2.24) is 15.2 Å². The molecule has 0 saturated carbocycles. The van der Waals surface area contributed by atoms with E-state index in [9.17, 15) is 0 Å². The molecule has 1 aromatic heterocycles. The van der Waals surface area contributed by atoms with E-state index in [1.807, 2.05) is 36.3 Å². The summed E-state index contributed by atoms with van der Waals surface area (Å²) in [6.07, 6.45) is 1.81. The number of aryl methyl sites for hydroxylation is 2. The lowest BCUT2D eigenvalue weighted by Crippen LogP contribution is -2.40. The Morgan fingerprint density at radius 3 is 2.56 bits per heavy atom. The molecule has 0 bridgehead atoms. The highest BCUT2D eigenvalue weighted by Gasteiger charge is 2.07. The number of rotatable bonds is 6. The average molecular weight is 454 g/mol. The van der Waals surface area contributed by atoms with E-state index in [-0.39, 0.29) is 24.0 Å². The van der Waals surface area contributed by atoms with Crippen LogP contribution < -0.4 is 10.1 Å². The Bertz CT molecular complexity index is 673. The summed E-state index contributed by atoms with van der Waals surface area (Å²) in [5.74, 6) is 1.72. The van der Waals surface area contributed by atoms with Crippen molar-refractivity contribution in [3.63, 3.8) is 0 Å². The van der Waals surface area contributed by atoms with Crippen LogP contribution in [0.2, 0.25) is 0 Å². The van der Waals surface area contributed by atoms with Gasteiger partial charge in [-0.1, -0.05) is 23.8 Å². The number of likely N-dealkylation sites (N-methyl/N-ethyl adjacent to an activating group) is 1. The van der Waals surface area contributed by atoms with Gasteiger partial charge in [0.05, 0.1) is 18.8 Å². The molecule has 5 nitrogen and oxygen atoms in total. The molecular weight excluding hydrogens is 427 g/mol. The molecule has 0 aliphatic carbocycles. The fourth-order valence-electron chi connectivity index (χ4n) is 2.29. The molecule has 1 aromatic carbocycles. The number of halogens is 1. The normalized spacial score (nSPS) is 10.8. The predicted octanol–water partition coefficient (Wildman–Crippen LogP) is 3.40. The van der Waals surface area contributed by atoms with Gasteiger partial charge in [0.25, 0.3) is 0 Å². The molecule has 25 heavy (non-hydrogen) atoms. The van der Waals surface area contributed by atoms with E-state index in [1.165, 1.54) is 11.1 Å². The van der Waals surface area contributed by atoms with Gasteiger partial charge in [0, 0.05) is 20.3 Å². The lowest BCUT2D eigenvalue weighted by atomic mass is 10.2. The Hall–Kier alpha value is -1.83. The fraction of sp³-hybridized carbons (Fsp3) is 0.368. The second kappa shape index (κ2) is 10.9. The molecule has 0 spiro atoms. The highest BCUT2D eigenvalue weighted by molar-refractivity contribution is 14.0. The summed E-state index contributed by atoms with van der Waals surface area (Å²) in [5, 5.41) is 3.34. The molecule has 0 saturated heterocycles. The van der Waals surface area contributed by atoms with Crippen molar-refractivity contribution in [3.8, 4) is 5.75 Å². The number of ether oxygens (including phenoxy) is 1. The molecule has 2 rings (SSSR count). The van der Waals surface area contributed by atoms with Crippen LogP contribution in [-0.2, 0) is 6.54 Å². The standard InChI is InChI=1S/C19H26N4O.HI/c1-15-7-9-17(10-8-15)24-13-12-23(4)19(20-3)22-14-18-16(2)6-5-11-21-18;/h5-11H,12-14H2,1-4H3,(H,20,22);1H. The lowest BCUT2D eigenvalue weighted by Gasteiger charge is -2.22. The minimum Gasteiger partial charge on any atom is -0.492 e. The van der Waals surface area contributed by atoms with Crippen molar-refractivity contribution < 1.29 is 4.74 Å². The van der Waals surface area contributed by atoms with Crippen LogP contribution in [0, 0.1) is 13.8 Å². The van der Waals surface area contributed by atoms with Crippen LogP contribution in [0.5, 0.6) is 5.75 Å². The molecule has 0 aliphatic rings. The van der Waals surface area contributed by atoms with E-state index >= 15 is 0 Å². The minimum atomic E-state index is 0. The van der Waals surface area contributed by atoms with Gasteiger partial charge in [-0.25, -0.2) is 0 Å². The van der Waals surface area contributed by atoms with Crippen LogP contribution in [0.3, 0.4) is 0 Å². The van der Waals surface area contributed by atoms with Crippen LogP contribution in [0.15, 0.2) is 47.6 Å². The minimum absolute atomic E-state index is 0. The van der Waals surface area contributed by atoms with Gasteiger partial charge in [-0.05, 0) is 37.6 Å². The number of nitrogens with zero attached hydrogens (tertiary/aromatic N) is 3. The molecule has 136 valence electrons. The van der Waals surface area contributed by atoms with Crippen LogP contribution in [-0.4, -0.2) is 43.1 Å². The van der Waals surface area contributed by atoms with Gasteiger partial charge in [-0.15, -0.1) is 24.0 Å². The van der Waals surface area contributed by atoms with Crippen molar-refractivity contribution in [1.29, 1.82) is 0 Å². The number of hydrogen-bond acceptors (Lipinski definition) is 3. The molecule has 0 aliphatic heterocycles. The fourth-order valence-corrected chi connectivity index (χ4v) is 2.29. The zero-order chi connectivity index (χ0) is 17.4. The van der Waals surface area contributed by atoms with Gasteiger partial charge in [0.2, 0.25) is 0 Å². The quantitative estimate of drug-likeness (QED) is 0.413. The van der Waals surface area contributed by atoms with Gasteiger partial charge in [-0.2, -0.15) is 0 Å². The second-order valence-corrected chi connectivity index (χ2v) is 5.75. The van der Waals surface area contributed by atoms with Gasteiger partial charge in [0.15, 0.2) is 5.96 Å². The maximum absolute atomic E-state index is 5.77. The van der Waals surface area contributed by atoms with Gasteiger partial charge >= 0.3 is 0 Å². The molecule has 6 heteroatoms. The number of aromatic nitrogens is 1. The lowest BCUT2D eigenvalue weighted by molar-refractivity contribution is 0.281. The number of guanidine groups is 1. The molecular formula is C19H27IN4O. The zero-order valence-electron chi connectivity index (χ0n) is 15.3. The smallest absolute Gasteiger partial charge is 0.193 e.